The van der Waals surface area contributed by atoms with Crippen molar-refractivity contribution in [2.24, 2.45) is 16.9 Å². The second-order valence-electron chi connectivity index (χ2n) is 11.1. The molecule has 0 radical (unpaired) electrons. The van der Waals surface area contributed by atoms with Gasteiger partial charge in [-0.3, -0.25) is 9.80 Å². The Bertz CT molecular complexity index is 1310. The summed E-state index contributed by atoms with van der Waals surface area (Å²) < 4.78 is 0. The first-order valence-corrected chi connectivity index (χ1v) is 13.8. The van der Waals surface area contributed by atoms with Gasteiger partial charge in [0.2, 0.25) is 0 Å². The van der Waals surface area contributed by atoms with Crippen LogP contribution in [0.4, 0.5) is 5.69 Å². The molecule has 1 amide bonds. The van der Waals surface area contributed by atoms with Crippen molar-refractivity contribution in [2.45, 2.75) is 69.9 Å². The Hall–Kier alpha value is -2.95. The summed E-state index contributed by atoms with van der Waals surface area (Å²) in [6.45, 7) is 3.47. The molecule has 1 saturated carbocycles. The number of rotatable bonds is 3. The summed E-state index contributed by atoms with van der Waals surface area (Å²) >= 11 is 6.46. The molecule has 37 heavy (non-hydrogen) atoms. The minimum Gasteiger partial charge on any atom is -0.393 e. The van der Waals surface area contributed by atoms with E-state index in [1.165, 1.54) is 25.7 Å². The number of aliphatic hydroxyl groups is 1. The number of pyridine rings is 1. The number of aryl methyl sites for hydroxylation is 1. The van der Waals surface area contributed by atoms with Crippen molar-refractivity contribution in [2.75, 3.05) is 18.1 Å². The van der Waals surface area contributed by atoms with E-state index < -0.39 is 0 Å². The molecule has 2 atom stereocenters. The number of benzene rings is 1. The van der Waals surface area contributed by atoms with Gasteiger partial charge in [0.1, 0.15) is 11.8 Å². The number of hydrazone groups is 1. The first kappa shape index (κ1) is 24.4. The summed E-state index contributed by atoms with van der Waals surface area (Å²) in [6, 6.07) is 11.6. The number of halogens is 1. The number of carbonyl (C=O) groups excluding carboxylic acids is 1. The molecule has 1 aromatic heterocycles. The van der Waals surface area contributed by atoms with Gasteiger partial charge in [0.05, 0.1) is 39.3 Å². The molecule has 3 heterocycles. The van der Waals surface area contributed by atoms with E-state index in [2.05, 4.69) is 18.0 Å². The van der Waals surface area contributed by atoms with Crippen molar-refractivity contribution >= 4 is 28.9 Å². The number of hydrogen-bond acceptors (Lipinski definition) is 6. The minimum absolute atomic E-state index is 0.0603. The van der Waals surface area contributed by atoms with E-state index in [-0.39, 0.29) is 23.5 Å². The number of carbonyl (C=O) groups is 1. The van der Waals surface area contributed by atoms with Crippen LogP contribution in [-0.2, 0) is 6.42 Å². The molecule has 8 heteroatoms. The molecule has 2 aliphatic heterocycles. The van der Waals surface area contributed by atoms with Gasteiger partial charge in [-0.2, -0.15) is 10.4 Å². The standard InChI is InChI=1S/C29H32ClN5O2/c1-29(19-4-2-3-5-19)23-9-11-25-22(8-10-26(32-25)28(37)34-14-12-21(36)13-15-34)27(23)33-35(29)20-7-6-18(17-31)24(30)16-20/h6-8,10,16,19,21,23,36H,2-5,9,11-15H2,1H3. The number of likely N-dealkylation sites (tertiary alicyclic amines) is 1. The monoisotopic (exact) mass is 517 g/mol. The van der Waals surface area contributed by atoms with Gasteiger partial charge in [0.15, 0.2) is 0 Å². The summed E-state index contributed by atoms with van der Waals surface area (Å²) in [4.78, 5) is 19.8. The van der Waals surface area contributed by atoms with Crippen molar-refractivity contribution in [3.05, 3.63) is 57.9 Å². The number of anilines is 1. The lowest BCUT2D eigenvalue weighted by Crippen LogP contribution is -2.52. The number of amides is 1. The Labute approximate surface area is 222 Å². The zero-order valence-electron chi connectivity index (χ0n) is 21.2. The highest BCUT2D eigenvalue weighted by Crippen LogP contribution is 2.51. The summed E-state index contributed by atoms with van der Waals surface area (Å²) in [5.41, 5.74) is 4.68. The van der Waals surface area contributed by atoms with Gasteiger partial charge in [-0.05, 0) is 81.7 Å². The molecule has 0 spiro atoms. The molecule has 4 aliphatic rings. The first-order valence-electron chi connectivity index (χ1n) is 13.5. The number of piperidine rings is 1. The molecule has 192 valence electrons. The summed E-state index contributed by atoms with van der Waals surface area (Å²) in [6.07, 6.45) is 7.49. The minimum atomic E-state index is -0.319. The maximum Gasteiger partial charge on any atom is 0.272 e. The van der Waals surface area contributed by atoms with E-state index in [1.807, 2.05) is 24.3 Å². The molecule has 2 unspecified atom stereocenters. The fraction of sp³-hybridized carbons (Fsp3) is 0.517. The van der Waals surface area contributed by atoms with Crippen LogP contribution < -0.4 is 5.01 Å². The molecule has 1 aromatic carbocycles. The van der Waals surface area contributed by atoms with Crippen LogP contribution in [0.2, 0.25) is 5.02 Å². The van der Waals surface area contributed by atoms with Crippen molar-refractivity contribution in [3.63, 3.8) is 0 Å². The van der Waals surface area contributed by atoms with Gasteiger partial charge in [-0.1, -0.05) is 24.4 Å². The van der Waals surface area contributed by atoms with E-state index in [9.17, 15) is 15.2 Å². The molecule has 7 nitrogen and oxygen atoms in total. The predicted octanol–water partition coefficient (Wildman–Crippen LogP) is 4.94. The lowest BCUT2D eigenvalue weighted by molar-refractivity contribution is 0.0541. The maximum absolute atomic E-state index is 13.1. The fourth-order valence-electron chi connectivity index (χ4n) is 6.97. The molecular weight excluding hydrogens is 486 g/mol. The van der Waals surface area contributed by atoms with Crippen molar-refractivity contribution in [1.82, 2.24) is 9.88 Å². The van der Waals surface area contributed by atoms with Gasteiger partial charge in [0.25, 0.3) is 5.91 Å². The second-order valence-corrected chi connectivity index (χ2v) is 11.5. The number of hydrogen-bond donors (Lipinski definition) is 1. The Morgan fingerprint density at radius 2 is 1.89 bits per heavy atom. The summed E-state index contributed by atoms with van der Waals surface area (Å²) in [5.74, 6) is 0.706. The third-order valence-corrected chi connectivity index (χ3v) is 9.40. The van der Waals surface area contributed by atoms with Crippen LogP contribution in [-0.4, -0.2) is 51.3 Å². The molecule has 6 rings (SSSR count). The molecule has 2 aliphatic carbocycles. The normalized spacial score (nSPS) is 26.0. The smallest absolute Gasteiger partial charge is 0.272 e. The number of nitrogens with zero attached hydrogens (tertiary/aromatic N) is 5. The number of aromatic nitrogens is 1. The van der Waals surface area contributed by atoms with Gasteiger partial charge >= 0.3 is 0 Å². The van der Waals surface area contributed by atoms with Crippen LogP contribution in [0.3, 0.4) is 0 Å². The Morgan fingerprint density at radius 1 is 1.14 bits per heavy atom. The number of fused-ring (bicyclic) bond motifs is 3. The number of aliphatic hydroxyl groups excluding tert-OH is 1. The Balaban J connectivity index is 1.37. The third-order valence-electron chi connectivity index (χ3n) is 9.09. The second kappa shape index (κ2) is 9.41. The zero-order chi connectivity index (χ0) is 25.7. The molecule has 1 N–H and O–H groups in total. The fourth-order valence-corrected chi connectivity index (χ4v) is 7.18. The van der Waals surface area contributed by atoms with E-state index in [0.717, 1.165) is 35.5 Å². The predicted molar refractivity (Wildman–Crippen MR) is 143 cm³/mol. The Kier molecular flexibility index (Phi) is 6.21. The van der Waals surface area contributed by atoms with E-state index >= 15 is 0 Å². The summed E-state index contributed by atoms with van der Waals surface area (Å²) in [7, 11) is 0. The highest BCUT2D eigenvalue weighted by atomic mass is 35.5. The average Bonchev–Trinajstić information content (AvgIpc) is 3.56. The van der Waals surface area contributed by atoms with Gasteiger partial charge in [-0.25, -0.2) is 4.98 Å². The van der Waals surface area contributed by atoms with Crippen LogP contribution in [0.1, 0.15) is 79.2 Å². The topological polar surface area (TPSA) is 92.8 Å². The SMILES string of the molecule is CC1(C2CCCC2)C2CCc3nc(C(=O)N4CCC(O)CC4)ccc3C2=NN1c1ccc(C#N)c(Cl)c1. The van der Waals surface area contributed by atoms with Crippen LogP contribution in [0.5, 0.6) is 0 Å². The average molecular weight is 518 g/mol. The lowest BCUT2D eigenvalue weighted by Gasteiger charge is -2.44. The third kappa shape index (κ3) is 4.02. The quantitative estimate of drug-likeness (QED) is 0.622. The first-order chi connectivity index (χ1) is 17.9. The van der Waals surface area contributed by atoms with Crippen LogP contribution in [0.25, 0.3) is 0 Å². The van der Waals surface area contributed by atoms with E-state index in [1.54, 1.807) is 11.0 Å². The highest BCUT2D eigenvalue weighted by Gasteiger charge is 2.54. The van der Waals surface area contributed by atoms with Gasteiger partial charge in [-0.15, -0.1) is 0 Å². The van der Waals surface area contributed by atoms with Crippen LogP contribution in [0, 0.1) is 23.2 Å². The number of nitriles is 1. The van der Waals surface area contributed by atoms with E-state index in [4.69, 9.17) is 21.7 Å². The molecular formula is C29H32ClN5O2. The van der Waals surface area contributed by atoms with Crippen molar-refractivity contribution < 1.29 is 9.90 Å². The zero-order valence-corrected chi connectivity index (χ0v) is 21.9. The molecule has 2 aromatic rings. The van der Waals surface area contributed by atoms with Crippen LogP contribution >= 0.6 is 11.6 Å². The van der Waals surface area contributed by atoms with Crippen molar-refractivity contribution in [1.29, 1.82) is 5.26 Å². The molecule has 0 bridgehead atoms. The maximum atomic E-state index is 13.1. The summed E-state index contributed by atoms with van der Waals surface area (Å²) in [5, 5.41) is 27.0. The highest BCUT2D eigenvalue weighted by molar-refractivity contribution is 6.32. The Morgan fingerprint density at radius 3 is 2.59 bits per heavy atom. The molecule has 1 saturated heterocycles. The van der Waals surface area contributed by atoms with Gasteiger partial charge < -0.3 is 10.0 Å². The van der Waals surface area contributed by atoms with Gasteiger partial charge in [0, 0.05) is 24.6 Å². The molecule has 2 fully saturated rings. The largest absolute Gasteiger partial charge is 0.393 e. The van der Waals surface area contributed by atoms with E-state index in [0.29, 0.717) is 48.1 Å². The lowest BCUT2D eigenvalue weighted by atomic mass is 9.67. The van der Waals surface area contributed by atoms with Crippen molar-refractivity contribution in [3.8, 4) is 6.07 Å². The van der Waals surface area contributed by atoms with Crippen LogP contribution in [0.15, 0.2) is 35.4 Å².